The number of benzene rings is 1. The average Bonchev–Trinajstić information content (AvgIpc) is 2.49. The Labute approximate surface area is 136 Å². The third kappa shape index (κ3) is 4.19. The van der Waals surface area contributed by atoms with Crippen molar-refractivity contribution in [2.24, 2.45) is 0 Å². The van der Waals surface area contributed by atoms with Crippen LogP contribution in [0.25, 0.3) is 0 Å². The lowest BCUT2D eigenvalue weighted by Crippen LogP contribution is -2.42. The van der Waals surface area contributed by atoms with E-state index in [2.05, 4.69) is 10.3 Å². The molecule has 1 amide bonds. The molecule has 2 rings (SSSR count). The lowest BCUT2D eigenvalue weighted by molar-refractivity contribution is -0.139. The fourth-order valence-corrected chi connectivity index (χ4v) is 2.34. The number of carbonyl (C=O) groups is 2. The molecule has 0 aliphatic heterocycles. The van der Waals surface area contributed by atoms with Gasteiger partial charge in [-0.25, -0.2) is 4.79 Å². The third-order valence-electron chi connectivity index (χ3n) is 2.99. The first-order valence-electron chi connectivity index (χ1n) is 6.35. The number of carboxylic acid groups (broad SMARTS) is 1. The van der Waals surface area contributed by atoms with Crippen LogP contribution in [0.2, 0.25) is 10.0 Å². The predicted molar refractivity (Wildman–Crippen MR) is 83.3 cm³/mol. The Bertz CT molecular complexity index is 692. The summed E-state index contributed by atoms with van der Waals surface area (Å²) in [6.07, 6.45) is 2.98. The molecule has 2 N–H and O–H groups in total. The van der Waals surface area contributed by atoms with Crippen molar-refractivity contribution >= 4 is 35.1 Å². The highest BCUT2D eigenvalue weighted by Crippen LogP contribution is 2.22. The molecule has 0 radical (unpaired) electrons. The van der Waals surface area contributed by atoms with Crippen molar-refractivity contribution in [3.05, 3.63) is 63.9 Å². The van der Waals surface area contributed by atoms with Crippen molar-refractivity contribution in [1.29, 1.82) is 0 Å². The van der Waals surface area contributed by atoms with Crippen LogP contribution in [0.5, 0.6) is 0 Å². The molecule has 2 aromatic rings. The monoisotopic (exact) mass is 338 g/mol. The van der Waals surface area contributed by atoms with Gasteiger partial charge < -0.3 is 10.4 Å². The molecule has 22 heavy (non-hydrogen) atoms. The summed E-state index contributed by atoms with van der Waals surface area (Å²) in [5, 5.41) is 12.6. The molecule has 7 heteroatoms. The van der Waals surface area contributed by atoms with Crippen molar-refractivity contribution < 1.29 is 14.7 Å². The van der Waals surface area contributed by atoms with E-state index in [9.17, 15) is 14.7 Å². The van der Waals surface area contributed by atoms with Crippen molar-refractivity contribution in [3.8, 4) is 0 Å². The number of hydrogen-bond acceptors (Lipinski definition) is 3. The summed E-state index contributed by atoms with van der Waals surface area (Å²) >= 11 is 11.8. The lowest BCUT2D eigenvalue weighted by atomic mass is 10.1. The predicted octanol–water partition coefficient (Wildman–Crippen LogP) is 2.81. The highest BCUT2D eigenvalue weighted by molar-refractivity contribution is 6.35. The number of halogens is 2. The third-order valence-corrected chi connectivity index (χ3v) is 3.57. The molecule has 1 atom stereocenters. The molecule has 0 unspecified atom stereocenters. The number of aromatic nitrogens is 1. The summed E-state index contributed by atoms with van der Waals surface area (Å²) in [6.45, 7) is 0. The molecule has 0 spiro atoms. The molecule has 1 aromatic carbocycles. The lowest BCUT2D eigenvalue weighted by Gasteiger charge is -2.15. The molecule has 0 bridgehead atoms. The average molecular weight is 339 g/mol. The van der Waals surface area contributed by atoms with Gasteiger partial charge in [0.15, 0.2) is 0 Å². The number of nitrogens with one attached hydrogen (secondary N) is 1. The Kier molecular flexibility index (Phi) is 5.35. The summed E-state index contributed by atoms with van der Waals surface area (Å²) in [5.41, 5.74) is 0.928. The molecule has 114 valence electrons. The van der Waals surface area contributed by atoms with E-state index in [1.54, 1.807) is 12.1 Å². The van der Waals surface area contributed by atoms with Crippen molar-refractivity contribution in [3.63, 3.8) is 0 Å². The maximum Gasteiger partial charge on any atom is 0.326 e. The molecule has 0 aliphatic rings. The Balaban J connectivity index is 2.14. The van der Waals surface area contributed by atoms with Crippen LogP contribution in [0.3, 0.4) is 0 Å². The van der Waals surface area contributed by atoms with Crippen LogP contribution in [0.4, 0.5) is 0 Å². The van der Waals surface area contributed by atoms with Gasteiger partial charge in [0.25, 0.3) is 5.91 Å². The van der Waals surface area contributed by atoms with Crippen LogP contribution in [-0.2, 0) is 11.2 Å². The quantitative estimate of drug-likeness (QED) is 0.878. The zero-order chi connectivity index (χ0) is 16.1. The molecule has 0 saturated carbocycles. The van der Waals surface area contributed by atoms with Crippen molar-refractivity contribution in [2.75, 3.05) is 0 Å². The van der Waals surface area contributed by atoms with Crippen LogP contribution in [0.1, 0.15) is 15.9 Å². The first-order valence-corrected chi connectivity index (χ1v) is 7.10. The highest BCUT2D eigenvalue weighted by atomic mass is 35.5. The minimum absolute atomic E-state index is 0.0577. The van der Waals surface area contributed by atoms with Crippen LogP contribution in [0, 0.1) is 0 Å². The Morgan fingerprint density at radius 3 is 2.45 bits per heavy atom. The first kappa shape index (κ1) is 16.3. The number of aliphatic carboxylic acids is 1. The minimum atomic E-state index is -1.14. The second kappa shape index (κ2) is 7.24. The SMILES string of the molecule is O=C(N[C@H](Cc1ccc(Cl)cc1Cl)C(=O)O)c1ccncc1. The number of amides is 1. The van der Waals surface area contributed by atoms with E-state index >= 15 is 0 Å². The van der Waals surface area contributed by atoms with Crippen molar-refractivity contribution in [2.45, 2.75) is 12.5 Å². The molecule has 5 nitrogen and oxygen atoms in total. The Morgan fingerprint density at radius 1 is 1.18 bits per heavy atom. The smallest absolute Gasteiger partial charge is 0.326 e. The van der Waals surface area contributed by atoms with Gasteiger partial charge in [0.05, 0.1) is 0 Å². The Hall–Kier alpha value is -2.11. The summed E-state index contributed by atoms with van der Waals surface area (Å²) in [7, 11) is 0. The Morgan fingerprint density at radius 2 is 1.86 bits per heavy atom. The fourth-order valence-electron chi connectivity index (χ4n) is 1.85. The zero-order valence-corrected chi connectivity index (χ0v) is 12.8. The standard InChI is InChI=1S/C15H12Cl2N2O3/c16-11-2-1-10(12(17)8-11)7-13(15(21)22)19-14(20)9-3-5-18-6-4-9/h1-6,8,13H,7H2,(H,19,20)(H,21,22)/t13-/m1/s1. The van der Waals surface area contributed by atoms with Crippen LogP contribution in [0.15, 0.2) is 42.7 Å². The van der Waals surface area contributed by atoms with Crippen LogP contribution >= 0.6 is 23.2 Å². The molecule has 0 fully saturated rings. The van der Waals surface area contributed by atoms with Gasteiger partial charge in [0.1, 0.15) is 6.04 Å². The van der Waals surface area contributed by atoms with E-state index in [1.807, 2.05) is 0 Å². The number of carbonyl (C=O) groups excluding carboxylic acids is 1. The van der Waals surface area contributed by atoms with Crippen LogP contribution in [-0.4, -0.2) is 28.0 Å². The molecular weight excluding hydrogens is 327 g/mol. The molecular formula is C15H12Cl2N2O3. The first-order chi connectivity index (χ1) is 10.5. The van der Waals surface area contributed by atoms with E-state index in [0.717, 1.165) is 0 Å². The van der Waals surface area contributed by atoms with Gasteiger partial charge in [-0.15, -0.1) is 0 Å². The number of pyridine rings is 1. The summed E-state index contributed by atoms with van der Waals surface area (Å²) < 4.78 is 0. The maximum absolute atomic E-state index is 12.0. The minimum Gasteiger partial charge on any atom is -0.480 e. The molecule has 1 heterocycles. The number of nitrogens with zero attached hydrogens (tertiary/aromatic N) is 1. The molecule has 0 aliphatic carbocycles. The van der Waals surface area contributed by atoms with E-state index < -0.39 is 17.9 Å². The number of hydrogen-bond donors (Lipinski definition) is 2. The normalized spacial score (nSPS) is 11.7. The molecule has 1 aromatic heterocycles. The van der Waals surface area contributed by atoms with E-state index in [0.29, 0.717) is 21.2 Å². The summed E-state index contributed by atoms with van der Waals surface area (Å²) in [6, 6.07) is 6.69. The van der Waals surface area contributed by atoms with Crippen molar-refractivity contribution in [1.82, 2.24) is 10.3 Å². The van der Waals surface area contributed by atoms with Gasteiger partial charge in [-0.05, 0) is 29.8 Å². The fraction of sp³-hybridized carbons (Fsp3) is 0.133. The van der Waals surface area contributed by atoms with E-state index in [4.69, 9.17) is 23.2 Å². The second-order valence-corrected chi connectivity index (χ2v) is 5.38. The van der Waals surface area contributed by atoms with E-state index in [1.165, 1.54) is 30.6 Å². The second-order valence-electron chi connectivity index (χ2n) is 4.54. The summed E-state index contributed by atoms with van der Waals surface area (Å²) in [5.74, 6) is -1.63. The highest BCUT2D eigenvalue weighted by Gasteiger charge is 2.22. The van der Waals surface area contributed by atoms with Gasteiger partial charge >= 0.3 is 5.97 Å². The largest absolute Gasteiger partial charge is 0.480 e. The topological polar surface area (TPSA) is 79.3 Å². The number of rotatable bonds is 5. The van der Waals surface area contributed by atoms with Crippen LogP contribution < -0.4 is 5.32 Å². The molecule has 0 saturated heterocycles. The zero-order valence-electron chi connectivity index (χ0n) is 11.3. The maximum atomic E-state index is 12.0. The van der Waals surface area contributed by atoms with Gasteiger partial charge in [-0.2, -0.15) is 0 Å². The van der Waals surface area contributed by atoms with Gasteiger partial charge in [-0.1, -0.05) is 29.3 Å². The van der Waals surface area contributed by atoms with E-state index in [-0.39, 0.29) is 6.42 Å². The van der Waals surface area contributed by atoms with Gasteiger partial charge in [0, 0.05) is 34.4 Å². The van der Waals surface area contributed by atoms with Gasteiger partial charge in [0.2, 0.25) is 0 Å². The number of carboxylic acids is 1. The van der Waals surface area contributed by atoms with Gasteiger partial charge in [-0.3, -0.25) is 9.78 Å². The summed E-state index contributed by atoms with van der Waals surface area (Å²) in [4.78, 5) is 27.2.